The zero-order valence-corrected chi connectivity index (χ0v) is 18.6. The summed E-state index contributed by atoms with van der Waals surface area (Å²) >= 11 is 0. The number of benzene rings is 2. The van der Waals surface area contributed by atoms with Gasteiger partial charge in [-0.05, 0) is 47.9 Å². The molecule has 0 saturated heterocycles. The van der Waals surface area contributed by atoms with Crippen LogP contribution in [0.15, 0.2) is 48.5 Å². The lowest BCUT2D eigenvalue weighted by Crippen LogP contribution is -2.40. The van der Waals surface area contributed by atoms with Crippen LogP contribution >= 0.6 is 0 Å². The monoisotopic (exact) mass is 450 g/mol. The SMILES string of the molecule is O=C(CCCCNC(=O)OCC1c2ccccc2-c2ccccc21)N[C@@H]1CCC[C@@H]1C(=O)O. The molecule has 2 atom stereocenters. The third-order valence-electron chi connectivity index (χ3n) is 6.62. The quantitative estimate of drug-likeness (QED) is 0.500. The van der Waals surface area contributed by atoms with Gasteiger partial charge in [0, 0.05) is 24.9 Å². The molecule has 0 bridgehead atoms. The largest absolute Gasteiger partial charge is 0.481 e. The molecule has 2 aliphatic rings. The molecule has 3 N–H and O–H groups in total. The van der Waals surface area contributed by atoms with Crippen molar-refractivity contribution in [1.82, 2.24) is 10.6 Å². The van der Waals surface area contributed by atoms with Crippen molar-refractivity contribution in [1.29, 1.82) is 0 Å². The summed E-state index contributed by atoms with van der Waals surface area (Å²) in [7, 11) is 0. The maximum absolute atomic E-state index is 12.2. The molecule has 0 aliphatic heterocycles. The van der Waals surface area contributed by atoms with Gasteiger partial charge in [0.1, 0.15) is 6.61 Å². The van der Waals surface area contributed by atoms with Crippen LogP contribution in [-0.4, -0.2) is 42.3 Å². The van der Waals surface area contributed by atoms with Crippen LogP contribution in [-0.2, 0) is 14.3 Å². The van der Waals surface area contributed by atoms with Gasteiger partial charge in [-0.1, -0.05) is 55.0 Å². The Morgan fingerprint density at radius 3 is 2.27 bits per heavy atom. The summed E-state index contributed by atoms with van der Waals surface area (Å²) in [6, 6.07) is 16.1. The van der Waals surface area contributed by atoms with Crippen LogP contribution in [0.2, 0.25) is 0 Å². The number of alkyl carbamates (subject to hydrolysis) is 1. The molecule has 2 aromatic carbocycles. The Hall–Kier alpha value is -3.35. The van der Waals surface area contributed by atoms with Crippen LogP contribution in [0.25, 0.3) is 11.1 Å². The molecular weight excluding hydrogens is 420 g/mol. The van der Waals surface area contributed by atoms with Gasteiger partial charge in [-0.3, -0.25) is 9.59 Å². The summed E-state index contributed by atoms with van der Waals surface area (Å²) in [6.07, 6.45) is 3.26. The van der Waals surface area contributed by atoms with E-state index in [0.717, 1.165) is 6.42 Å². The molecule has 33 heavy (non-hydrogen) atoms. The van der Waals surface area contributed by atoms with Gasteiger partial charge in [0.05, 0.1) is 5.92 Å². The van der Waals surface area contributed by atoms with Crippen LogP contribution in [0.1, 0.15) is 55.6 Å². The number of fused-ring (bicyclic) bond motifs is 3. The minimum absolute atomic E-state index is 0.0251. The Labute approximate surface area is 193 Å². The van der Waals surface area contributed by atoms with E-state index in [4.69, 9.17) is 4.74 Å². The zero-order chi connectivity index (χ0) is 23.2. The second kappa shape index (κ2) is 10.5. The first-order chi connectivity index (χ1) is 16.0. The summed E-state index contributed by atoms with van der Waals surface area (Å²) in [5.74, 6) is -1.43. The van der Waals surface area contributed by atoms with Crippen molar-refractivity contribution in [2.45, 2.75) is 50.5 Å². The Bertz CT molecular complexity index is 976. The number of amides is 2. The van der Waals surface area contributed by atoms with Gasteiger partial charge < -0.3 is 20.5 Å². The van der Waals surface area contributed by atoms with E-state index in [0.29, 0.717) is 38.6 Å². The third kappa shape index (κ3) is 5.35. The lowest BCUT2D eigenvalue weighted by Gasteiger charge is -2.17. The molecule has 1 fully saturated rings. The number of carbonyl (C=O) groups excluding carboxylic acids is 2. The number of hydrogen-bond donors (Lipinski definition) is 3. The number of unbranched alkanes of at least 4 members (excludes halogenated alkanes) is 1. The fraction of sp³-hybridized carbons (Fsp3) is 0.423. The number of carbonyl (C=O) groups is 3. The molecular formula is C26H30N2O5. The Morgan fingerprint density at radius 2 is 1.61 bits per heavy atom. The van der Waals surface area contributed by atoms with Crippen LogP contribution in [0.3, 0.4) is 0 Å². The van der Waals surface area contributed by atoms with Crippen molar-refractivity contribution >= 4 is 18.0 Å². The maximum Gasteiger partial charge on any atom is 0.407 e. The summed E-state index contributed by atoms with van der Waals surface area (Å²) in [5, 5.41) is 14.8. The number of carboxylic acid groups (broad SMARTS) is 1. The van der Waals surface area contributed by atoms with E-state index in [2.05, 4.69) is 34.9 Å². The van der Waals surface area contributed by atoms with Gasteiger partial charge in [-0.15, -0.1) is 0 Å². The van der Waals surface area contributed by atoms with Crippen LogP contribution in [0, 0.1) is 5.92 Å². The fourth-order valence-corrected chi connectivity index (χ4v) is 4.96. The summed E-state index contributed by atoms with van der Waals surface area (Å²) in [6.45, 7) is 0.694. The molecule has 2 amide bonds. The molecule has 1 saturated carbocycles. The van der Waals surface area contributed by atoms with Gasteiger partial charge in [-0.25, -0.2) is 4.79 Å². The van der Waals surface area contributed by atoms with E-state index in [9.17, 15) is 19.5 Å². The van der Waals surface area contributed by atoms with E-state index in [1.807, 2.05) is 24.3 Å². The number of nitrogens with one attached hydrogen (secondary N) is 2. The molecule has 4 rings (SSSR count). The number of aliphatic carboxylic acids is 1. The molecule has 2 aromatic rings. The van der Waals surface area contributed by atoms with Gasteiger partial charge in [0.2, 0.25) is 5.91 Å². The normalized spacial score (nSPS) is 18.9. The second-order valence-electron chi connectivity index (χ2n) is 8.76. The van der Waals surface area contributed by atoms with Gasteiger partial charge in [0.15, 0.2) is 0 Å². The van der Waals surface area contributed by atoms with Crippen molar-refractivity contribution in [3.05, 3.63) is 59.7 Å². The van der Waals surface area contributed by atoms with Crippen molar-refractivity contribution < 1.29 is 24.2 Å². The molecule has 174 valence electrons. The molecule has 0 unspecified atom stereocenters. The smallest absolute Gasteiger partial charge is 0.407 e. The Kier molecular flexibility index (Phi) is 7.27. The second-order valence-corrected chi connectivity index (χ2v) is 8.76. The Morgan fingerprint density at radius 1 is 0.939 bits per heavy atom. The minimum atomic E-state index is -0.843. The van der Waals surface area contributed by atoms with Crippen molar-refractivity contribution in [2.24, 2.45) is 5.92 Å². The van der Waals surface area contributed by atoms with Crippen LogP contribution in [0.4, 0.5) is 4.79 Å². The number of rotatable bonds is 9. The highest BCUT2D eigenvalue weighted by Gasteiger charge is 2.33. The van der Waals surface area contributed by atoms with Crippen molar-refractivity contribution in [2.75, 3.05) is 13.2 Å². The van der Waals surface area contributed by atoms with E-state index in [1.54, 1.807) is 0 Å². The molecule has 7 heteroatoms. The first-order valence-corrected chi connectivity index (χ1v) is 11.7. The molecule has 0 radical (unpaired) electrons. The van der Waals surface area contributed by atoms with Crippen molar-refractivity contribution in [3.63, 3.8) is 0 Å². The average molecular weight is 451 g/mol. The molecule has 0 heterocycles. The van der Waals surface area contributed by atoms with Gasteiger partial charge in [0.25, 0.3) is 0 Å². The minimum Gasteiger partial charge on any atom is -0.481 e. The third-order valence-corrected chi connectivity index (χ3v) is 6.62. The van der Waals surface area contributed by atoms with E-state index in [1.165, 1.54) is 22.3 Å². The molecule has 0 spiro atoms. The summed E-state index contributed by atoms with van der Waals surface area (Å²) in [5.41, 5.74) is 4.72. The first kappa shape index (κ1) is 22.8. The number of carboxylic acids is 1. The lowest BCUT2D eigenvalue weighted by molar-refractivity contribution is -0.142. The highest BCUT2D eigenvalue weighted by Crippen LogP contribution is 2.44. The molecule has 7 nitrogen and oxygen atoms in total. The highest BCUT2D eigenvalue weighted by molar-refractivity contribution is 5.79. The van der Waals surface area contributed by atoms with E-state index < -0.39 is 18.0 Å². The Balaban J connectivity index is 1.15. The average Bonchev–Trinajstić information content (AvgIpc) is 3.40. The molecule has 2 aliphatic carbocycles. The zero-order valence-electron chi connectivity index (χ0n) is 18.6. The predicted molar refractivity (Wildman–Crippen MR) is 124 cm³/mol. The summed E-state index contributed by atoms with van der Waals surface area (Å²) in [4.78, 5) is 35.5. The van der Waals surface area contributed by atoms with Crippen LogP contribution in [0.5, 0.6) is 0 Å². The van der Waals surface area contributed by atoms with Crippen molar-refractivity contribution in [3.8, 4) is 11.1 Å². The highest BCUT2D eigenvalue weighted by atomic mass is 16.5. The number of ether oxygens (including phenoxy) is 1. The topological polar surface area (TPSA) is 105 Å². The standard InChI is InChI=1S/C26H30N2O5/c29-24(28-23-13-7-12-21(23)25(30)31)14-5-6-15-27-26(32)33-16-22-19-10-3-1-8-17(19)18-9-2-4-11-20(18)22/h1-4,8-11,21-23H,5-7,12-16H2,(H,27,32)(H,28,29)(H,30,31)/t21-,23+/m0/s1. The van der Waals surface area contributed by atoms with Crippen LogP contribution < -0.4 is 10.6 Å². The molecule has 0 aromatic heterocycles. The predicted octanol–water partition coefficient (Wildman–Crippen LogP) is 4.06. The first-order valence-electron chi connectivity index (χ1n) is 11.7. The number of hydrogen-bond acceptors (Lipinski definition) is 4. The summed E-state index contributed by atoms with van der Waals surface area (Å²) < 4.78 is 5.51. The van der Waals surface area contributed by atoms with E-state index >= 15 is 0 Å². The fourth-order valence-electron chi connectivity index (χ4n) is 4.96. The maximum atomic E-state index is 12.2. The van der Waals surface area contributed by atoms with Gasteiger partial charge in [-0.2, -0.15) is 0 Å². The van der Waals surface area contributed by atoms with E-state index in [-0.39, 0.29) is 24.5 Å². The lowest BCUT2D eigenvalue weighted by atomic mass is 9.98. The van der Waals surface area contributed by atoms with Gasteiger partial charge >= 0.3 is 12.1 Å².